The van der Waals surface area contributed by atoms with Crippen molar-refractivity contribution in [3.05, 3.63) is 29.8 Å². The summed E-state index contributed by atoms with van der Waals surface area (Å²) >= 11 is 0. The van der Waals surface area contributed by atoms with Crippen LogP contribution in [0.3, 0.4) is 0 Å². The van der Waals surface area contributed by atoms with Crippen LogP contribution in [0.4, 0.5) is 5.69 Å². The Morgan fingerprint density at radius 2 is 1.58 bits per heavy atom. The van der Waals surface area contributed by atoms with Gasteiger partial charge in [0, 0.05) is 17.5 Å². The molecule has 1 atom stereocenters. The zero-order valence-electron chi connectivity index (χ0n) is 13.8. The van der Waals surface area contributed by atoms with Crippen molar-refractivity contribution in [3.8, 4) is 0 Å². The number of anilines is 1. The van der Waals surface area contributed by atoms with Crippen LogP contribution in [-0.2, 0) is 14.4 Å². The van der Waals surface area contributed by atoms with Crippen molar-refractivity contribution >= 4 is 23.4 Å². The lowest BCUT2D eigenvalue weighted by Crippen LogP contribution is -2.38. The molecule has 2 aliphatic rings. The van der Waals surface area contributed by atoms with Crippen molar-refractivity contribution in [2.75, 3.05) is 11.9 Å². The van der Waals surface area contributed by atoms with Crippen LogP contribution < -0.4 is 16.0 Å². The zero-order chi connectivity index (χ0) is 17.1. The third-order valence-electron chi connectivity index (χ3n) is 4.38. The number of hydrogen-bond donors (Lipinski definition) is 3. The fourth-order valence-corrected chi connectivity index (χ4v) is 2.48. The van der Waals surface area contributed by atoms with Crippen LogP contribution in [0.5, 0.6) is 0 Å². The van der Waals surface area contributed by atoms with Crippen molar-refractivity contribution in [1.82, 2.24) is 10.6 Å². The first-order valence-electron chi connectivity index (χ1n) is 8.51. The summed E-state index contributed by atoms with van der Waals surface area (Å²) in [6.45, 7) is 1.90. The first-order valence-corrected chi connectivity index (χ1v) is 8.51. The van der Waals surface area contributed by atoms with E-state index >= 15 is 0 Å². The highest BCUT2D eigenvalue weighted by molar-refractivity contribution is 5.94. The van der Waals surface area contributed by atoms with E-state index in [1.165, 1.54) is 0 Å². The number of nitrogens with one attached hydrogen (secondary N) is 3. The van der Waals surface area contributed by atoms with Gasteiger partial charge in [-0.1, -0.05) is 12.1 Å². The number of carbonyl (C=O) groups excluding carboxylic acids is 3. The summed E-state index contributed by atoms with van der Waals surface area (Å²) in [5.74, 6) is 0.119. The molecule has 0 spiro atoms. The first-order chi connectivity index (χ1) is 11.5. The molecule has 6 heteroatoms. The van der Waals surface area contributed by atoms with Crippen LogP contribution in [0.1, 0.15) is 44.2 Å². The first kappa shape index (κ1) is 16.5. The monoisotopic (exact) mass is 329 g/mol. The summed E-state index contributed by atoms with van der Waals surface area (Å²) in [6.07, 6.45) is 3.80. The van der Waals surface area contributed by atoms with Gasteiger partial charge in [-0.05, 0) is 50.3 Å². The lowest BCUT2D eigenvalue weighted by atomic mass is 10.1. The minimum Gasteiger partial charge on any atom is -0.348 e. The molecule has 3 rings (SSSR count). The van der Waals surface area contributed by atoms with E-state index in [2.05, 4.69) is 16.0 Å². The summed E-state index contributed by atoms with van der Waals surface area (Å²) in [5, 5.41) is 8.39. The normalized spacial score (nSPS) is 17.7. The Morgan fingerprint density at radius 3 is 2.17 bits per heavy atom. The van der Waals surface area contributed by atoms with Gasteiger partial charge in [0.15, 0.2) is 0 Å². The van der Waals surface area contributed by atoms with Crippen LogP contribution in [0.2, 0.25) is 0 Å². The van der Waals surface area contributed by atoms with E-state index < -0.39 is 0 Å². The molecule has 0 aliphatic heterocycles. The highest BCUT2D eigenvalue weighted by Crippen LogP contribution is 2.30. The van der Waals surface area contributed by atoms with E-state index in [1.807, 2.05) is 31.2 Å². The molecule has 0 aromatic heterocycles. The molecular formula is C18H23N3O3. The van der Waals surface area contributed by atoms with Gasteiger partial charge in [-0.2, -0.15) is 0 Å². The van der Waals surface area contributed by atoms with Crippen LogP contribution >= 0.6 is 0 Å². The molecule has 0 bridgehead atoms. The summed E-state index contributed by atoms with van der Waals surface area (Å²) in [7, 11) is 0. The molecule has 2 aliphatic carbocycles. The van der Waals surface area contributed by atoms with E-state index in [-0.39, 0.29) is 42.1 Å². The largest absolute Gasteiger partial charge is 0.348 e. The second-order valence-electron chi connectivity index (χ2n) is 6.67. The third kappa shape index (κ3) is 4.57. The van der Waals surface area contributed by atoms with Gasteiger partial charge in [0.05, 0.1) is 12.6 Å². The summed E-state index contributed by atoms with van der Waals surface area (Å²) in [5.41, 5.74) is 1.71. The van der Waals surface area contributed by atoms with E-state index in [0.717, 1.165) is 36.9 Å². The van der Waals surface area contributed by atoms with Crippen molar-refractivity contribution in [3.63, 3.8) is 0 Å². The van der Waals surface area contributed by atoms with E-state index in [4.69, 9.17) is 0 Å². The Hall–Kier alpha value is -2.37. The van der Waals surface area contributed by atoms with Gasteiger partial charge in [-0.15, -0.1) is 0 Å². The van der Waals surface area contributed by atoms with Gasteiger partial charge >= 0.3 is 0 Å². The van der Waals surface area contributed by atoms with E-state index in [9.17, 15) is 14.4 Å². The SMILES string of the molecule is CC(NC(=O)CNC(=O)C1CC1)c1ccc(NC(=O)C2CC2)cc1. The van der Waals surface area contributed by atoms with Gasteiger partial charge in [0.1, 0.15) is 0 Å². The fourth-order valence-electron chi connectivity index (χ4n) is 2.48. The lowest BCUT2D eigenvalue weighted by Gasteiger charge is -2.15. The lowest BCUT2D eigenvalue weighted by molar-refractivity contribution is -0.127. The molecule has 1 aromatic carbocycles. The fraction of sp³-hybridized carbons (Fsp3) is 0.500. The maximum atomic E-state index is 11.9. The number of hydrogen-bond acceptors (Lipinski definition) is 3. The van der Waals surface area contributed by atoms with Crippen molar-refractivity contribution in [1.29, 1.82) is 0 Å². The molecular weight excluding hydrogens is 306 g/mol. The molecule has 2 saturated carbocycles. The molecule has 24 heavy (non-hydrogen) atoms. The Labute approximate surface area is 141 Å². The predicted octanol–water partition coefficient (Wildman–Crippen LogP) is 1.74. The topological polar surface area (TPSA) is 87.3 Å². The highest BCUT2D eigenvalue weighted by Gasteiger charge is 2.30. The molecule has 0 heterocycles. The van der Waals surface area contributed by atoms with Crippen LogP contribution in [0.25, 0.3) is 0 Å². The molecule has 128 valence electrons. The molecule has 3 N–H and O–H groups in total. The van der Waals surface area contributed by atoms with Crippen LogP contribution in [0.15, 0.2) is 24.3 Å². The molecule has 3 amide bonds. The average Bonchev–Trinajstić information content (AvgIpc) is 3.44. The number of carbonyl (C=O) groups is 3. The minimum atomic E-state index is -0.206. The minimum absolute atomic E-state index is 0.00913. The molecule has 2 fully saturated rings. The maximum absolute atomic E-state index is 11.9. The summed E-state index contributed by atoms with van der Waals surface area (Å²) < 4.78 is 0. The number of rotatable bonds is 7. The maximum Gasteiger partial charge on any atom is 0.239 e. The van der Waals surface area contributed by atoms with Gasteiger partial charge < -0.3 is 16.0 Å². The molecule has 6 nitrogen and oxygen atoms in total. The van der Waals surface area contributed by atoms with Gasteiger partial charge in [-0.25, -0.2) is 0 Å². The van der Waals surface area contributed by atoms with E-state index in [0.29, 0.717) is 0 Å². The Morgan fingerprint density at radius 1 is 1.00 bits per heavy atom. The van der Waals surface area contributed by atoms with Crippen molar-refractivity contribution in [2.24, 2.45) is 11.8 Å². The number of benzene rings is 1. The van der Waals surface area contributed by atoms with E-state index in [1.54, 1.807) is 0 Å². The standard InChI is InChI=1S/C18H23N3O3/c1-11(20-16(22)10-19-17(23)13-2-3-13)12-6-8-15(9-7-12)21-18(24)14-4-5-14/h6-9,11,13-14H,2-5,10H2,1H3,(H,19,23)(H,20,22)(H,21,24). The van der Waals surface area contributed by atoms with Gasteiger partial charge in [-0.3, -0.25) is 14.4 Å². The second kappa shape index (κ2) is 7.03. The Balaban J connectivity index is 1.44. The highest BCUT2D eigenvalue weighted by atomic mass is 16.2. The smallest absolute Gasteiger partial charge is 0.239 e. The molecule has 1 aromatic rings. The van der Waals surface area contributed by atoms with Crippen LogP contribution in [-0.4, -0.2) is 24.3 Å². The second-order valence-corrected chi connectivity index (χ2v) is 6.67. The van der Waals surface area contributed by atoms with Crippen LogP contribution in [0, 0.1) is 11.8 Å². The summed E-state index contributed by atoms with van der Waals surface area (Å²) in [4.78, 5) is 35.1. The average molecular weight is 329 g/mol. The van der Waals surface area contributed by atoms with Crippen molar-refractivity contribution < 1.29 is 14.4 Å². The summed E-state index contributed by atoms with van der Waals surface area (Å²) in [6, 6.07) is 7.29. The molecule has 0 radical (unpaired) electrons. The predicted molar refractivity (Wildman–Crippen MR) is 90.1 cm³/mol. The zero-order valence-corrected chi connectivity index (χ0v) is 13.8. The van der Waals surface area contributed by atoms with Crippen molar-refractivity contribution in [2.45, 2.75) is 38.6 Å². The number of amides is 3. The molecule has 1 unspecified atom stereocenters. The Kier molecular flexibility index (Phi) is 4.83. The van der Waals surface area contributed by atoms with Gasteiger partial charge in [0.2, 0.25) is 17.7 Å². The molecule has 0 saturated heterocycles. The van der Waals surface area contributed by atoms with Gasteiger partial charge in [0.25, 0.3) is 0 Å². The Bertz CT molecular complexity index is 633. The quantitative estimate of drug-likeness (QED) is 0.712. The third-order valence-corrected chi connectivity index (χ3v) is 4.38.